The van der Waals surface area contributed by atoms with E-state index in [9.17, 15) is 13.2 Å². The maximum absolute atomic E-state index is 11.8. The van der Waals surface area contributed by atoms with Crippen molar-refractivity contribution >= 4 is 15.8 Å². The summed E-state index contributed by atoms with van der Waals surface area (Å²) >= 11 is 0. The van der Waals surface area contributed by atoms with Gasteiger partial charge in [0.1, 0.15) is 0 Å². The lowest BCUT2D eigenvalue weighted by molar-refractivity contribution is 0.0997. The number of Topliss-reactive ketones (excluding diaryl/α,β-unsaturated/α-hetero) is 1. The Morgan fingerprint density at radius 3 is 2.71 bits per heavy atom. The van der Waals surface area contributed by atoms with Gasteiger partial charge in [-0.05, 0) is 36.5 Å². The summed E-state index contributed by atoms with van der Waals surface area (Å²) < 4.78 is 24.0. The van der Waals surface area contributed by atoms with Gasteiger partial charge in [0.2, 0.25) is 10.0 Å². The van der Waals surface area contributed by atoms with Crippen LogP contribution in [0.25, 0.3) is 0 Å². The monoisotopic (exact) mass is 253 g/mol. The topological polar surface area (TPSA) is 63.2 Å². The summed E-state index contributed by atoms with van der Waals surface area (Å²) in [5.41, 5.74) is 3.11. The molecule has 5 heteroatoms. The molecule has 0 amide bonds. The van der Waals surface area contributed by atoms with Crippen LogP contribution in [0.4, 0.5) is 0 Å². The first-order valence-corrected chi connectivity index (χ1v) is 7.44. The Morgan fingerprint density at radius 2 is 2.00 bits per heavy atom. The fraction of sp³-hybridized carbons (Fsp3) is 0.417. The van der Waals surface area contributed by atoms with Crippen molar-refractivity contribution in [2.75, 3.05) is 12.8 Å². The molecule has 1 N–H and O–H groups in total. The van der Waals surface area contributed by atoms with Gasteiger partial charge in [0.05, 0.1) is 12.8 Å². The predicted molar refractivity (Wildman–Crippen MR) is 65.6 cm³/mol. The van der Waals surface area contributed by atoms with Crippen molar-refractivity contribution < 1.29 is 13.2 Å². The van der Waals surface area contributed by atoms with Gasteiger partial charge in [0.25, 0.3) is 0 Å². The molecule has 1 aliphatic carbocycles. The Morgan fingerprint density at radius 1 is 1.29 bits per heavy atom. The molecule has 0 spiro atoms. The summed E-state index contributed by atoms with van der Waals surface area (Å²) in [7, 11) is -3.31. The van der Waals surface area contributed by atoms with E-state index in [4.69, 9.17) is 0 Å². The lowest BCUT2D eigenvalue weighted by atomic mass is 10.0. The van der Waals surface area contributed by atoms with Crippen LogP contribution < -0.4 is 4.72 Å². The van der Waals surface area contributed by atoms with E-state index in [0.29, 0.717) is 5.56 Å². The Labute approximate surface area is 101 Å². The maximum Gasteiger partial charge on any atom is 0.209 e. The molecule has 2 rings (SSSR count). The third-order valence-electron chi connectivity index (χ3n) is 2.92. The molecule has 0 unspecified atom stereocenters. The second-order valence-corrected chi connectivity index (χ2v) is 6.19. The van der Waals surface area contributed by atoms with Crippen molar-refractivity contribution in [3.05, 3.63) is 34.9 Å². The van der Waals surface area contributed by atoms with Gasteiger partial charge in [-0.25, -0.2) is 13.1 Å². The van der Waals surface area contributed by atoms with Crippen LogP contribution >= 0.6 is 0 Å². The van der Waals surface area contributed by atoms with Crippen LogP contribution in [0.3, 0.4) is 0 Å². The molecule has 0 radical (unpaired) electrons. The molecule has 0 fully saturated rings. The fourth-order valence-corrected chi connectivity index (χ4v) is 2.44. The van der Waals surface area contributed by atoms with E-state index >= 15 is 0 Å². The number of fused-ring (bicyclic) bond motifs is 1. The number of ketones is 1. The molecular weight excluding hydrogens is 238 g/mol. The zero-order chi connectivity index (χ0) is 12.5. The van der Waals surface area contributed by atoms with Crippen molar-refractivity contribution in [1.82, 2.24) is 4.72 Å². The summed E-state index contributed by atoms with van der Waals surface area (Å²) in [6.07, 6.45) is 4.26. The summed E-state index contributed by atoms with van der Waals surface area (Å²) in [5.74, 6) is -0.190. The quantitative estimate of drug-likeness (QED) is 0.811. The zero-order valence-corrected chi connectivity index (χ0v) is 10.5. The van der Waals surface area contributed by atoms with Crippen molar-refractivity contribution in [3.8, 4) is 0 Å². The van der Waals surface area contributed by atoms with E-state index in [-0.39, 0.29) is 12.3 Å². The Hall–Kier alpha value is -1.20. The highest BCUT2D eigenvalue weighted by Gasteiger charge is 2.14. The number of nitrogens with one attached hydrogen (secondary N) is 1. The lowest BCUT2D eigenvalue weighted by Crippen LogP contribution is -2.28. The summed E-state index contributed by atoms with van der Waals surface area (Å²) in [4.78, 5) is 11.8. The molecule has 17 heavy (non-hydrogen) atoms. The molecule has 0 aliphatic heterocycles. The summed E-state index contributed by atoms with van der Waals surface area (Å²) in [6, 6.07) is 5.63. The van der Waals surface area contributed by atoms with Gasteiger partial charge < -0.3 is 0 Å². The van der Waals surface area contributed by atoms with Crippen LogP contribution in [-0.4, -0.2) is 27.0 Å². The Kier molecular flexibility index (Phi) is 3.31. The van der Waals surface area contributed by atoms with E-state index in [1.165, 1.54) is 11.1 Å². The zero-order valence-electron chi connectivity index (χ0n) is 9.69. The van der Waals surface area contributed by atoms with E-state index < -0.39 is 10.0 Å². The van der Waals surface area contributed by atoms with E-state index in [1.54, 1.807) is 6.07 Å². The molecule has 0 aromatic heterocycles. The minimum atomic E-state index is -3.31. The molecule has 1 aromatic carbocycles. The van der Waals surface area contributed by atoms with E-state index in [1.807, 2.05) is 12.1 Å². The normalized spacial score (nSPS) is 14.6. The summed E-state index contributed by atoms with van der Waals surface area (Å²) in [5, 5.41) is 0. The minimum Gasteiger partial charge on any atom is -0.293 e. The largest absolute Gasteiger partial charge is 0.293 e. The predicted octanol–water partition coefficient (Wildman–Crippen LogP) is 0.907. The second kappa shape index (κ2) is 4.58. The molecular formula is C12H15NO3S. The lowest BCUT2D eigenvalue weighted by Gasteiger charge is -2.04. The van der Waals surface area contributed by atoms with Crippen LogP contribution in [0.2, 0.25) is 0 Å². The van der Waals surface area contributed by atoms with Gasteiger partial charge in [-0.1, -0.05) is 12.1 Å². The number of hydrogen-bond donors (Lipinski definition) is 1. The molecule has 0 saturated heterocycles. The van der Waals surface area contributed by atoms with Gasteiger partial charge in [-0.15, -0.1) is 0 Å². The molecule has 1 aromatic rings. The van der Waals surface area contributed by atoms with Crippen molar-refractivity contribution in [1.29, 1.82) is 0 Å². The average Bonchev–Trinajstić information content (AvgIpc) is 2.71. The molecule has 0 bridgehead atoms. The average molecular weight is 253 g/mol. The maximum atomic E-state index is 11.8. The first-order valence-electron chi connectivity index (χ1n) is 5.55. The highest BCUT2D eigenvalue weighted by molar-refractivity contribution is 7.88. The third-order valence-corrected chi connectivity index (χ3v) is 3.58. The third kappa shape index (κ3) is 3.14. The number of sulfonamides is 1. The molecule has 0 heterocycles. The highest BCUT2D eigenvalue weighted by Crippen LogP contribution is 2.22. The Bertz CT molecular complexity index is 549. The fourth-order valence-electron chi connectivity index (χ4n) is 2.04. The molecule has 92 valence electrons. The standard InChI is InChI=1S/C12H15NO3S/c1-17(15,16)13-8-12(14)11-6-5-9-3-2-4-10(9)7-11/h5-7,13H,2-4,8H2,1H3. The van der Waals surface area contributed by atoms with Crippen LogP contribution in [0.1, 0.15) is 27.9 Å². The van der Waals surface area contributed by atoms with Crippen LogP contribution in [-0.2, 0) is 22.9 Å². The second-order valence-electron chi connectivity index (χ2n) is 4.35. The highest BCUT2D eigenvalue weighted by atomic mass is 32.2. The number of carbonyl (C=O) groups excluding carboxylic acids is 1. The first kappa shape index (κ1) is 12.3. The smallest absolute Gasteiger partial charge is 0.209 e. The van der Waals surface area contributed by atoms with Gasteiger partial charge in [-0.2, -0.15) is 0 Å². The Balaban J connectivity index is 2.10. The number of benzene rings is 1. The van der Waals surface area contributed by atoms with Gasteiger partial charge in [0.15, 0.2) is 5.78 Å². The molecule has 4 nitrogen and oxygen atoms in total. The summed E-state index contributed by atoms with van der Waals surface area (Å²) in [6.45, 7) is -0.169. The van der Waals surface area contributed by atoms with Crippen LogP contribution in [0.5, 0.6) is 0 Å². The van der Waals surface area contributed by atoms with Crippen molar-refractivity contribution in [2.45, 2.75) is 19.3 Å². The van der Waals surface area contributed by atoms with Crippen LogP contribution in [0.15, 0.2) is 18.2 Å². The molecule has 0 atom stereocenters. The number of carbonyl (C=O) groups is 1. The van der Waals surface area contributed by atoms with Gasteiger partial charge in [-0.3, -0.25) is 4.79 Å². The number of rotatable bonds is 4. The van der Waals surface area contributed by atoms with Crippen molar-refractivity contribution in [2.24, 2.45) is 0 Å². The molecule has 1 aliphatic rings. The van der Waals surface area contributed by atoms with Crippen molar-refractivity contribution in [3.63, 3.8) is 0 Å². The first-order chi connectivity index (χ1) is 7.96. The van der Waals surface area contributed by atoms with Gasteiger partial charge in [0, 0.05) is 5.56 Å². The van der Waals surface area contributed by atoms with E-state index in [2.05, 4.69) is 4.72 Å². The number of aryl methyl sites for hydroxylation is 2. The minimum absolute atomic E-state index is 0.169. The number of hydrogen-bond acceptors (Lipinski definition) is 3. The van der Waals surface area contributed by atoms with Crippen LogP contribution in [0, 0.1) is 0 Å². The van der Waals surface area contributed by atoms with Gasteiger partial charge >= 0.3 is 0 Å². The SMILES string of the molecule is CS(=O)(=O)NCC(=O)c1ccc2c(c1)CCC2. The van der Waals surface area contributed by atoms with E-state index in [0.717, 1.165) is 25.5 Å². The molecule has 0 saturated carbocycles.